The molecule has 0 N–H and O–H groups in total. The minimum atomic E-state index is -0.620. The molecule has 0 unspecified atom stereocenters. The highest BCUT2D eigenvalue weighted by Gasteiger charge is 2.45. The number of benzene rings is 1. The molecule has 28 heavy (non-hydrogen) atoms. The lowest BCUT2D eigenvalue weighted by Gasteiger charge is -2.36. The topological polar surface area (TPSA) is 52.6 Å². The molecule has 1 atom stereocenters. The smallest absolute Gasteiger partial charge is 0.203 e. The Hall–Kier alpha value is -2.62. The van der Waals surface area contributed by atoms with Gasteiger partial charge in [0.25, 0.3) is 0 Å². The number of methoxy groups -OCH3 is 1. The standard InChI is InChI=1S/C24H28O4/c1-16(2)9-12-24-13-10-17(3)15-28-19-8-6-5-7-18(19)22(25)21(23(24)26)20(27-4)11-14-24/h5-10H,11-15H2,1-4H3/b17-10-/t24-/m1/s1. The fourth-order valence-corrected chi connectivity index (χ4v) is 3.82. The molecule has 148 valence electrons. The fourth-order valence-electron chi connectivity index (χ4n) is 3.82. The van der Waals surface area contributed by atoms with Gasteiger partial charge in [0.2, 0.25) is 5.78 Å². The number of ketones is 2. The first-order chi connectivity index (χ1) is 13.4. The van der Waals surface area contributed by atoms with Gasteiger partial charge in [0, 0.05) is 11.8 Å². The van der Waals surface area contributed by atoms with Gasteiger partial charge in [-0.05, 0) is 57.7 Å². The molecule has 1 aliphatic heterocycles. The van der Waals surface area contributed by atoms with Crippen LogP contribution in [-0.4, -0.2) is 25.3 Å². The Bertz CT molecular complexity index is 884. The van der Waals surface area contributed by atoms with E-state index in [-0.39, 0.29) is 17.1 Å². The predicted molar refractivity (Wildman–Crippen MR) is 109 cm³/mol. The third-order valence-corrected chi connectivity index (χ3v) is 5.62. The second-order valence-corrected chi connectivity index (χ2v) is 7.97. The van der Waals surface area contributed by atoms with Crippen molar-refractivity contribution in [2.24, 2.45) is 5.41 Å². The van der Waals surface area contributed by atoms with Crippen molar-refractivity contribution in [3.63, 3.8) is 0 Å². The van der Waals surface area contributed by atoms with Gasteiger partial charge in [-0.2, -0.15) is 0 Å². The summed E-state index contributed by atoms with van der Waals surface area (Å²) in [4.78, 5) is 27.2. The van der Waals surface area contributed by atoms with Crippen LogP contribution in [-0.2, 0) is 9.53 Å². The molecule has 0 amide bonds. The lowest BCUT2D eigenvalue weighted by molar-refractivity contribution is -0.126. The summed E-state index contributed by atoms with van der Waals surface area (Å²) >= 11 is 0. The molecular formula is C24H28O4. The van der Waals surface area contributed by atoms with E-state index in [1.807, 2.05) is 26.8 Å². The summed E-state index contributed by atoms with van der Waals surface area (Å²) in [5.41, 5.74) is 2.19. The number of carbonyl (C=O) groups is 2. The molecule has 1 aromatic rings. The van der Waals surface area contributed by atoms with E-state index in [9.17, 15) is 9.59 Å². The van der Waals surface area contributed by atoms with Crippen molar-refractivity contribution in [3.8, 4) is 5.75 Å². The first kappa shape index (κ1) is 20.1. The molecular weight excluding hydrogens is 352 g/mol. The third kappa shape index (κ3) is 3.82. The van der Waals surface area contributed by atoms with Crippen LogP contribution in [0.3, 0.4) is 0 Å². The molecule has 2 bridgehead atoms. The first-order valence-electron chi connectivity index (χ1n) is 9.75. The van der Waals surface area contributed by atoms with Gasteiger partial charge in [-0.1, -0.05) is 29.9 Å². The lowest BCUT2D eigenvalue weighted by atomic mass is 9.66. The lowest BCUT2D eigenvalue weighted by Crippen LogP contribution is -2.38. The Morgan fingerprint density at radius 3 is 2.71 bits per heavy atom. The molecule has 1 aromatic carbocycles. The number of fused-ring (bicyclic) bond motifs is 3. The third-order valence-electron chi connectivity index (χ3n) is 5.62. The number of hydrogen-bond acceptors (Lipinski definition) is 4. The van der Waals surface area contributed by atoms with Crippen molar-refractivity contribution < 1.29 is 19.1 Å². The van der Waals surface area contributed by atoms with Crippen molar-refractivity contribution in [1.82, 2.24) is 0 Å². The number of Topliss-reactive ketones (excluding diaryl/α,β-unsaturated/α-hetero) is 2. The van der Waals surface area contributed by atoms with E-state index < -0.39 is 5.41 Å². The zero-order valence-electron chi connectivity index (χ0n) is 17.1. The van der Waals surface area contributed by atoms with Crippen molar-refractivity contribution in [1.29, 1.82) is 0 Å². The highest BCUT2D eigenvalue weighted by atomic mass is 16.5. The van der Waals surface area contributed by atoms with Gasteiger partial charge in [0.05, 0.1) is 12.7 Å². The van der Waals surface area contributed by atoms with Gasteiger partial charge in [-0.3, -0.25) is 9.59 Å². The van der Waals surface area contributed by atoms with Gasteiger partial charge >= 0.3 is 0 Å². The maximum atomic E-state index is 13.7. The molecule has 0 spiro atoms. The van der Waals surface area contributed by atoms with Gasteiger partial charge in [-0.25, -0.2) is 0 Å². The molecule has 0 radical (unpaired) electrons. The average Bonchev–Trinajstić information content (AvgIpc) is 2.70. The summed E-state index contributed by atoms with van der Waals surface area (Å²) in [7, 11) is 1.53. The summed E-state index contributed by atoms with van der Waals surface area (Å²) in [5.74, 6) is 0.563. The number of ether oxygens (including phenoxy) is 2. The Morgan fingerprint density at radius 1 is 1.25 bits per heavy atom. The predicted octanol–water partition coefficient (Wildman–Crippen LogP) is 5.20. The zero-order chi connectivity index (χ0) is 20.3. The van der Waals surface area contributed by atoms with Crippen molar-refractivity contribution >= 4 is 11.6 Å². The van der Waals surface area contributed by atoms with Crippen molar-refractivity contribution in [3.05, 3.63) is 64.5 Å². The van der Waals surface area contributed by atoms with Crippen LogP contribution in [0.15, 0.2) is 58.9 Å². The molecule has 0 saturated heterocycles. The number of hydrogen-bond donors (Lipinski definition) is 0. The van der Waals surface area contributed by atoms with E-state index in [1.165, 1.54) is 12.7 Å². The molecule has 0 aromatic heterocycles. The molecule has 4 heteroatoms. The summed E-state index contributed by atoms with van der Waals surface area (Å²) in [5, 5.41) is 0. The summed E-state index contributed by atoms with van der Waals surface area (Å²) in [6.07, 6.45) is 6.65. The van der Waals surface area contributed by atoms with Crippen LogP contribution in [0.2, 0.25) is 0 Å². The van der Waals surface area contributed by atoms with Crippen LogP contribution in [0, 0.1) is 5.41 Å². The highest BCUT2D eigenvalue weighted by molar-refractivity contribution is 6.29. The Labute approximate surface area is 166 Å². The van der Waals surface area contributed by atoms with Crippen LogP contribution < -0.4 is 4.74 Å². The largest absolute Gasteiger partial charge is 0.500 e. The molecule has 0 fully saturated rings. The average molecular weight is 380 g/mol. The van der Waals surface area contributed by atoms with Gasteiger partial charge in [0.1, 0.15) is 23.7 Å². The monoisotopic (exact) mass is 380 g/mol. The first-order valence-corrected chi connectivity index (χ1v) is 9.75. The highest BCUT2D eigenvalue weighted by Crippen LogP contribution is 2.45. The second kappa shape index (κ2) is 8.17. The SMILES string of the molecule is COC1=C2C(=O)c3ccccc3OC/C(C)=C\C[C@](CC=C(C)C)(CC1)C2=O. The van der Waals surface area contributed by atoms with Crippen LogP contribution in [0.5, 0.6) is 5.75 Å². The van der Waals surface area contributed by atoms with E-state index >= 15 is 0 Å². The normalized spacial score (nSPS) is 24.4. The summed E-state index contributed by atoms with van der Waals surface area (Å²) < 4.78 is 11.4. The number of allylic oxidation sites excluding steroid dienone is 5. The summed E-state index contributed by atoms with van der Waals surface area (Å²) in [6.45, 7) is 6.46. The van der Waals surface area contributed by atoms with E-state index in [1.54, 1.807) is 18.2 Å². The fraction of sp³-hybridized carbons (Fsp3) is 0.417. The Balaban J connectivity index is 2.20. The molecule has 0 saturated carbocycles. The van der Waals surface area contributed by atoms with E-state index in [4.69, 9.17) is 9.47 Å². The summed E-state index contributed by atoms with van der Waals surface area (Å²) in [6, 6.07) is 7.11. The second-order valence-electron chi connectivity index (χ2n) is 7.97. The number of para-hydroxylation sites is 1. The Kier molecular flexibility index (Phi) is 5.87. The van der Waals surface area contributed by atoms with Gasteiger partial charge in [0.15, 0.2) is 5.78 Å². The Morgan fingerprint density at radius 2 is 2.00 bits per heavy atom. The van der Waals surface area contributed by atoms with E-state index in [2.05, 4.69) is 12.2 Å². The molecule has 2 aliphatic rings. The minimum absolute atomic E-state index is 0.112. The van der Waals surface area contributed by atoms with Crippen LogP contribution in [0.1, 0.15) is 56.8 Å². The quantitative estimate of drug-likeness (QED) is 0.534. The van der Waals surface area contributed by atoms with E-state index in [0.717, 1.165) is 5.57 Å². The maximum absolute atomic E-state index is 13.7. The van der Waals surface area contributed by atoms with Crippen LogP contribution >= 0.6 is 0 Å². The molecule has 3 rings (SSSR count). The van der Waals surface area contributed by atoms with Crippen LogP contribution in [0.4, 0.5) is 0 Å². The van der Waals surface area contributed by atoms with Gasteiger partial charge in [-0.15, -0.1) is 0 Å². The minimum Gasteiger partial charge on any atom is -0.500 e. The molecule has 4 nitrogen and oxygen atoms in total. The van der Waals surface area contributed by atoms with Gasteiger partial charge < -0.3 is 9.47 Å². The molecule has 1 heterocycles. The number of carbonyl (C=O) groups excluding carboxylic acids is 2. The van der Waals surface area contributed by atoms with Crippen molar-refractivity contribution in [2.45, 2.75) is 46.5 Å². The molecule has 1 aliphatic carbocycles. The maximum Gasteiger partial charge on any atom is 0.203 e. The van der Waals surface area contributed by atoms with Crippen molar-refractivity contribution in [2.75, 3.05) is 13.7 Å². The van der Waals surface area contributed by atoms with E-state index in [0.29, 0.717) is 49.4 Å². The van der Waals surface area contributed by atoms with Crippen LogP contribution in [0.25, 0.3) is 0 Å². The zero-order valence-corrected chi connectivity index (χ0v) is 17.1. The number of rotatable bonds is 3.